The molecule has 0 N–H and O–H groups in total. The number of amides is 1. The average molecular weight is 388 g/mol. The molecular weight excluding hydrogens is 368 g/mol. The van der Waals surface area contributed by atoms with E-state index >= 15 is 0 Å². The Morgan fingerprint density at radius 2 is 2.04 bits per heavy atom. The summed E-state index contributed by atoms with van der Waals surface area (Å²) in [6.07, 6.45) is 1.50. The Balaban J connectivity index is 1.98. The molecule has 0 aliphatic carbocycles. The number of nitro benzene ring substituents is 1. The van der Waals surface area contributed by atoms with Gasteiger partial charge in [0.2, 0.25) is 0 Å². The lowest BCUT2D eigenvalue weighted by molar-refractivity contribution is -0.384. The molecule has 1 aromatic heterocycles. The van der Waals surface area contributed by atoms with Gasteiger partial charge in [-0.1, -0.05) is 6.92 Å². The van der Waals surface area contributed by atoms with Crippen molar-refractivity contribution in [1.82, 2.24) is 4.90 Å². The lowest BCUT2D eigenvalue weighted by atomic mass is 9.96. The van der Waals surface area contributed by atoms with Gasteiger partial charge in [-0.15, -0.1) is 11.3 Å². The molecule has 3 rings (SSSR count). The van der Waals surface area contributed by atoms with E-state index in [1.807, 2.05) is 18.4 Å². The van der Waals surface area contributed by atoms with Crippen LogP contribution in [-0.4, -0.2) is 34.9 Å². The summed E-state index contributed by atoms with van der Waals surface area (Å²) in [6, 6.07) is 5.70. The third-order valence-electron chi connectivity index (χ3n) is 4.63. The van der Waals surface area contributed by atoms with Crippen molar-refractivity contribution in [1.29, 1.82) is 0 Å². The topological polar surface area (TPSA) is 89.8 Å². The summed E-state index contributed by atoms with van der Waals surface area (Å²) in [5.74, 6) is -0.992. The van der Waals surface area contributed by atoms with Crippen molar-refractivity contribution in [2.75, 3.05) is 13.2 Å². The lowest BCUT2D eigenvalue weighted by Crippen LogP contribution is -2.39. The minimum absolute atomic E-state index is 0.00989. The van der Waals surface area contributed by atoms with E-state index in [2.05, 4.69) is 0 Å². The van der Waals surface area contributed by atoms with Gasteiger partial charge in [0.25, 0.3) is 11.6 Å². The zero-order valence-electron chi connectivity index (χ0n) is 15.1. The van der Waals surface area contributed by atoms with Gasteiger partial charge in [-0.2, -0.15) is 0 Å². The van der Waals surface area contributed by atoms with Crippen LogP contribution < -0.4 is 0 Å². The zero-order chi connectivity index (χ0) is 19.6. The third kappa shape index (κ3) is 3.71. The smallest absolute Gasteiger partial charge is 0.338 e. The maximum atomic E-state index is 13.2. The van der Waals surface area contributed by atoms with Gasteiger partial charge < -0.3 is 9.64 Å². The molecule has 1 unspecified atom stereocenters. The fourth-order valence-electron chi connectivity index (χ4n) is 3.42. The number of carbonyl (C=O) groups is 2. The predicted octanol–water partition coefficient (Wildman–Crippen LogP) is 3.98. The van der Waals surface area contributed by atoms with Crippen molar-refractivity contribution in [3.8, 4) is 0 Å². The van der Waals surface area contributed by atoms with Crippen LogP contribution in [0.2, 0.25) is 0 Å². The molecule has 1 atom stereocenters. The molecule has 8 heteroatoms. The highest BCUT2D eigenvalue weighted by atomic mass is 32.1. The Bertz CT molecular complexity index is 892. The highest BCUT2D eigenvalue weighted by Crippen LogP contribution is 2.36. The van der Waals surface area contributed by atoms with Gasteiger partial charge >= 0.3 is 5.97 Å². The van der Waals surface area contributed by atoms with E-state index < -0.39 is 10.9 Å². The number of esters is 1. The molecule has 0 saturated heterocycles. The Labute approximate surface area is 160 Å². The monoisotopic (exact) mass is 388 g/mol. The minimum Gasteiger partial charge on any atom is -0.462 e. The van der Waals surface area contributed by atoms with Gasteiger partial charge in [-0.25, -0.2) is 4.79 Å². The highest BCUT2D eigenvalue weighted by Gasteiger charge is 2.32. The molecule has 0 bridgehead atoms. The highest BCUT2D eigenvalue weighted by molar-refractivity contribution is 7.10. The van der Waals surface area contributed by atoms with Crippen LogP contribution >= 0.6 is 11.3 Å². The van der Waals surface area contributed by atoms with Gasteiger partial charge in [0.05, 0.1) is 23.1 Å². The fraction of sp³-hybridized carbons (Fsp3) is 0.368. The summed E-state index contributed by atoms with van der Waals surface area (Å²) < 4.78 is 4.94. The largest absolute Gasteiger partial charge is 0.462 e. The van der Waals surface area contributed by atoms with E-state index in [4.69, 9.17) is 4.74 Å². The molecule has 1 aliphatic rings. The number of nitro groups is 1. The van der Waals surface area contributed by atoms with Crippen molar-refractivity contribution >= 4 is 28.9 Å². The van der Waals surface area contributed by atoms with Gasteiger partial charge in [0.1, 0.15) is 0 Å². The van der Waals surface area contributed by atoms with Gasteiger partial charge in [0, 0.05) is 29.1 Å². The molecule has 2 heterocycles. The first-order chi connectivity index (χ1) is 13.0. The van der Waals surface area contributed by atoms with Gasteiger partial charge in [-0.3, -0.25) is 14.9 Å². The number of nitrogens with zero attached hydrogens (tertiary/aromatic N) is 2. The number of hydrogen-bond donors (Lipinski definition) is 0. The second kappa shape index (κ2) is 7.87. The average Bonchev–Trinajstić information content (AvgIpc) is 3.15. The Kier molecular flexibility index (Phi) is 5.55. The van der Waals surface area contributed by atoms with Crippen LogP contribution in [0.3, 0.4) is 0 Å². The normalized spacial score (nSPS) is 15.9. The molecule has 27 heavy (non-hydrogen) atoms. The molecule has 1 aliphatic heterocycles. The number of thiophene rings is 1. The van der Waals surface area contributed by atoms with Crippen LogP contribution in [0, 0.1) is 10.1 Å². The standard InChI is InChI=1S/C19H20N2O5S/c1-3-16-15-6-8-27-17(15)5-7-20(16)18(22)12-9-13(19(23)26-4-2)11-14(10-12)21(24)25/h6,8-11,16H,3-5,7H2,1-2H3. The predicted molar refractivity (Wildman–Crippen MR) is 101 cm³/mol. The van der Waals surface area contributed by atoms with Crippen LogP contribution in [0.25, 0.3) is 0 Å². The first-order valence-electron chi connectivity index (χ1n) is 8.80. The van der Waals surface area contributed by atoms with E-state index in [1.54, 1.807) is 23.2 Å². The number of rotatable bonds is 5. The number of fused-ring (bicyclic) bond motifs is 1. The maximum Gasteiger partial charge on any atom is 0.338 e. The molecule has 1 aromatic carbocycles. The summed E-state index contributed by atoms with van der Waals surface area (Å²) in [5.41, 5.74) is 0.975. The maximum absolute atomic E-state index is 13.2. The van der Waals surface area contributed by atoms with Gasteiger partial charge in [0.15, 0.2) is 0 Å². The number of ether oxygens (including phenoxy) is 1. The van der Waals surface area contributed by atoms with Crippen molar-refractivity contribution < 1.29 is 19.2 Å². The minimum atomic E-state index is -0.680. The summed E-state index contributed by atoms with van der Waals surface area (Å²) in [6.45, 7) is 4.35. The van der Waals surface area contributed by atoms with E-state index in [9.17, 15) is 19.7 Å². The summed E-state index contributed by atoms with van der Waals surface area (Å²) in [5, 5.41) is 13.3. The van der Waals surface area contributed by atoms with Gasteiger partial charge in [-0.05, 0) is 42.8 Å². The SMILES string of the molecule is CCOC(=O)c1cc(C(=O)N2CCc3sccc3C2CC)cc([N+](=O)[O-])c1. The molecular formula is C19H20N2O5S. The third-order valence-corrected chi connectivity index (χ3v) is 5.63. The first kappa shape index (κ1) is 19.0. The second-order valence-corrected chi connectivity index (χ2v) is 7.22. The fourth-order valence-corrected chi connectivity index (χ4v) is 4.35. The number of non-ortho nitro benzene ring substituents is 1. The summed E-state index contributed by atoms with van der Waals surface area (Å²) in [4.78, 5) is 38.9. The quantitative estimate of drug-likeness (QED) is 0.439. The summed E-state index contributed by atoms with van der Waals surface area (Å²) >= 11 is 1.68. The van der Waals surface area contributed by atoms with Crippen LogP contribution in [0.15, 0.2) is 29.6 Å². The Morgan fingerprint density at radius 1 is 1.30 bits per heavy atom. The van der Waals surface area contributed by atoms with Crippen LogP contribution in [-0.2, 0) is 11.2 Å². The van der Waals surface area contributed by atoms with Crippen LogP contribution in [0.1, 0.15) is 57.5 Å². The molecule has 2 aromatic rings. The number of hydrogen-bond acceptors (Lipinski definition) is 6. The van der Waals surface area contributed by atoms with Crippen LogP contribution in [0.5, 0.6) is 0 Å². The van der Waals surface area contributed by atoms with E-state index in [0.29, 0.717) is 6.54 Å². The Hall–Kier alpha value is -2.74. The van der Waals surface area contributed by atoms with Crippen molar-refractivity contribution in [2.45, 2.75) is 32.7 Å². The number of benzene rings is 1. The number of carbonyl (C=O) groups excluding carboxylic acids is 2. The second-order valence-electron chi connectivity index (χ2n) is 6.22. The van der Waals surface area contributed by atoms with Crippen molar-refractivity contribution in [3.05, 3.63) is 61.3 Å². The van der Waals surface area contributed by atoms with E-state index in [0.717, 1.165) is 24.5 Å². The molecule has 0 fully saturated rings. The Morgan fingerprint density at radius 3 is 2.70 bits per heavy atom. The zero-order valence-corrected chi connectivity index (χ0v) is 16.0. The van der Waals surface area contributed by atoms with Crippen LogP contribution in [0.4, 0.5) is 5.69 Å². The molecule has 1 amide bonds. The van der Waals surface area contributed by atoms with Crippen molar-refractivity contribution in [3.63, 3.8) is 0 Å². The lowest BCUT2D eigenvalue weighted by Gasteiger charge is -2.35. The summed E-state index contributed by atoms with van der Waals surface area (Å²) in [7, 11) is 0. The molecule has 142 valence electrons. The molecule has 0 spiro atoms. The van der Waals surface area contributed by atoms with E-state index in [1.165, 1.54) is 17.0 Å². The van der Waals surface area contributed by atoms with Crippen molar-refractivity contribution in [2.24, 2.45) is 0 Å². The van der Waals surface area contributed by atoms with E-state index in [-0.39, 0.29) is 35.4 Å². The molecule has 0 radical (unpaired) electrons. The molecule has 0 saturated carbocycles. The first-order valence-corrected chi connectivity index (χ1v) is 9.68. The molecule has 7 nitrogen and oxygen atoms in total.